The summed E-state index contributed by atoms with van der Waals surface area (Å²) in [7, 11) is 0. The molecule has 0 saturated heterocycles. The number of H-pyrrole nitrogens is 1. The van der Waals surface area contributed by atoms with E-state index in [2.05, 4.69) is 20.7 Å². The molecule has 0 bridgehead atoms. The van der Waals surface area contributed by atoms with Crippen LogP contribution in [0.1, 0.15) is 15.4 Å². The lowest BCUT2D eigenvalue weighted by molar-refractivity contribution is 0.0950. The van der Waals surface area contributed by atoms with Gasteiger partial charge in [0.1, 0.15) is 5.69 Å². The largest absolute Gasteiger partial charge is 0.289 e. The van der Waals surface area contributed by atoms with Crippen LogP contribution in [0.15, 0.2) is 47.6 Å². The van der Waals surface area contributed by atoms with Crippen molar-refractivity contribution in [2.75, 3.05) is 0 Å². The van der Waals surface area contributed by atoms with Crippen LogP contribution in [0.25, 0.3) is 11.3 Å². The highest BCUT2D eigenvalue weighted by atomic mass is 35.5. The first-order valence-corrected chi connectivity index (χ1v) is 7.71. The third-order valence-electron chi connectivity index (χ3n) is 2.91. The van der Waals surface area contributed by atoms with Crippen molar-refractivity contribution >= 4 is 35.1 Å². The fourth-order valence-electron chi connectivity index (χ4n) is 1.82. The fourth-order valence-corrected chi connectivity index (χ4v) is 2.55. The summed E-state index contributed by atoms with van der Waals surface area (Å²) in [6, 6.07) is 11.6. The van der Waals surface area contributed by atoms with Crippen molar-refractivity contribution in [1.29, 1.82) is 0 Å². The Hall–Kier alpha value is -2.51. The summed E-state index contributed by atoms with van der Waals surface area (Å²) >= 11 is 6.77. The van der Waals surface area contributed by atoms with Gasteiger partial charge in [-0.25, -0.2) is 5.43 Å². The predicted octanol–water partition coefficient (Wildman–Crippen LogP) is 3.69. The van der Waals surface area contributed by atoms with E-state index in [1.54, 1.807) is 24.3 Å². The standard InChI is InChI=1S/C15H10ClFN4OS/c16-10-3-1-9(2-4-10)12-7-13(20-19-12)15(22)21-18-8-11-5-6-14(17)23-11/h1-8H,(H,19,20)(H,21,22)/b18-8-. The van der Waals surface area contributed by atoms with Crippen LogP contribution >= 0.6 is 22.9 Å². The summed E-state index contributed by atoms with van der Waals surface area (Å²) < 4.78 is 12.8. The van der Waals surface area contributed by atoms with Gasteiger partial charge in [0.25, 0.3) is 5.91 Å². The molecule has 3 aromatic rings. The molecule has 5 nitrogen and oxygen atoms in total. The van der Waals surface area contributed by atoms with Crippen molar-refractivity contribution in [3.8, 4) is 11.3 Å². The van der Waals surface area contributed by atoms with Gasteiger partial charge in [0.05, 0.1) is 16.8 Å². The maximum absolute atomic E-state index is 12.8. The minimum absolute atomic E-state index is 0.268. The Balaban J connectivity index is 1.66. The Kier molecular flexibility index (Phi) is 4.50. The van der Waals surface area contributed by atoms with Crippen LogP contribution in [0.5, 0.6) is 0 Å². The smallest absolute Gasteiger partial charge is 0.272 e. The highest BCUT2D eigenvalue weighted by Gasteiger charge is 2.10. The Labute approximate surface area is 139 Å². The Morgan fingerprint density at radius 1 is 1.30 bits per heavy atom. The number of carbonyl (C=O) groups is 1. The molecule has 0 fully saturated rings. The molecule has 0 aliphatic rings. The quantitative estimate of drug-likeness (QED) is 0.557. The zero-order valence-electron chi connectivity index (χ0n) is 11.6. The molecule has 0 atom stereocenters. The molecule has 0 aliphatic heterocycles. The molecule has 8 heteroatoms. The van der Waals surface area contributed by atoms with Gasteiger partial charge >= 0.3 is 0 Å². The zero-order valence-corrected chi connectivity index (χ0v) is 13.2. The maximum Gasteiger partial charge on any atom is 0.289 e. The molecule has 2 heterocycles. The van der Waals surface area contributed by atoms with Crippen LogP contribution in [0.2, 0.25) is 5.02 Å². The number of carbonyl (C=O) groups excluding carboxylic acids is 1. The van der Waals surface area contributed by atoms with Crippen LogP contribution in [-0.4, -0.2) is 22.3 Å². The van der Waals surface area contributed by atoms with Gasteiger partial charge in [-0.2, -0.15) is 14.6 Å². The summed E-state index contributed by atoms with van der Waals surface area (Å²) in [4.78, 5) is 12.6. The number of rotatable bonds is 4. The second kappa shape index (κ2) is 6.72. The highest BCUT2D eigenvalue weighted by Crippen LogP contribution is 2.20. The van der Waals surface area contributed by atoms with Crippen LogP contribution < -0.4 is 5.43 Å². The van der Waals surface area contributed by atoms with Crippen molar-refractivity contribution in [2.45, 2.75) is 0 Å². The van der Waals surface area contributed by atoms with E-state index in [-0.39, 0.29) is 10.8 Å². The first kappa shape index (κ1) is 15.4. The third kappa shape index (κ3) is 3.82. The average molecular weight is 349 g/mol. The van der Waals surface area contributed by atoms with E-state index < -0.39 is 5.91 Å². The minimum atomic E-state index is -0.439. The van der Waals surface area contributed by atoms with Crippen molar-refractivity contribution in [3.63, 3.8) is 0 Å². The molecule has 2 aromatic heterocycles. The van der Waals surface area contributed by atoms with Gasteiger partial charge in [-0.3, -0.25) is 9.89 Å². The number of amides is 1. The fraction of sp³-hybridized carbons (Fsp3) is 0. The van der Waals surface area contributed by atoms with E-state index in [4.69, 9.17) is 11.6 Å². The van der Waals surface area contributed by atoms with E-state index in [1.807, 2.05) is 12.1 Å². The molecule has 0 unspecified atom stereocenters. The van der Waals surface area contributed by atoms with Crippen LogP contribution in [0, 0.1) is 5.13 Å². The van der Waals surface area contributed by atoms with E-state index in [9.17, 15) is 9.18 Å². The minimum Gasteiger partial charge on any atom is -0.272 e. The lowest BCUT2D eigenvalue weighted by atomic mass is 10.1. The number of nitrogens with zero attached hydrogens (tertiary/aromatic N) is 2. The summed E-state index contributed by atoms with van der Waals surface area (Å²) in [5.74, 6) is -0.439. The van der Waals surface area contributed by atoms with Crippen molar-refractivity contribution < 1.29 is 9.18 Å². The van der Waals surface area contributed by atoms with E-state index in [0.29, 0.717) is 15.6 Å². The molecular weight excluding hydrogens is 339 g/mol. The summed E-state index contributed by atoms with van der Waals surface area (Å²) in [5.41, 5.74) is 4.08. The molecule has 2 N–H and O–H groups in total. The van der Waals surface area contributed by atoms with Crippen LogP contribution in [-0.2, 0) is 0 Å². The third-order valence-corrected chi connectivity index (χ3v) is 3.97. The van der Waals surface area contributed by atoms with Gasteiger partial charge in [-0.15, -0.1) is 11.3 Å². The Morgan fingerprint density at radius 2 is 2.09 bits per heavy atom. The Morgan fingerprint density at radius 3 is 2.78 bits per heavy atom. The lowest BCUT2D eigenvalue weighted by Crippen LogP contribution is -2.17. The topological polar surface area (TPSA) is 70.1 Å². The van der Waals surface area contributed by atoms with E-state index >= 15 is 0 Å². The first-order chi connectivity index (χ1) is 11.1. The van der Waals surface area contributed by atoms with E-state index in [1.165, 1.54) is 12.3 Å². The summed E-state index contributed by atoms with van der Waals surface area (Å²) in [6.45, 7) is 0. The molecule has 1 aromatic carbocycles. The number of aromatic amines is 1. The predicted molar refractivity (Wildman–Crippen MR) is 88.4 cm³/mol. The normalized spacial score (nSPS) is 11.0. The van der Waals surface area contributed by atoms with Crippen LogP contribution in [0.4, 0.5) is 4.39 Å². The molecule has 116 valence electrons. The molecule has 0 saturated carbocycles. The van der Waals surface area contributed by atoms with Crippen molar-refractivity contribution in [3.05, 3.63) is 63.2 Å². The number of hydrogen-bond acceptors (Lipinski definition) is 4. The van der Waals surface area contributed by atoms with Gasteiger partial charge in [0.15, 0.2) is 5.13 Å². The number of nitrogens with one attached hydrogen (secondary N) is 2. The van der Waals surface area contributed by atoms with Gasteiger partial charge in [0, 0.05) is 10.6 Å². The molecule has 0 aliphatic carbocycles. The maximum atomic E-state index is 12.8. The van der Waals surface area contributed by atoms with Gasteiger partial charge in [0.2, 0.25) is 0 Å². The molecule has 0 radical (unpaired) electrons. The summed E-state index contributed by atoms with van der Waals surface area (Å²) in [6.07, 6.45) is 1.38. The number of aromatic nitrogens is 2. The highest BCUT2D eigenvalue weighted by molar-refractivity contribution is 7.12. The second-order valence-electron chi connectivity index (χ2n) is 4.51. The van der Waals surface area contributed by atoms with Crippen molar-refractivity contribution in [2.24, 2.45) is 5.10 Å². The average Bonchev–Trinajstić information content (AvgIpc) is 3.17. The van der Waals surface area contributed by atoms with Gasteiger partial charge in [-0.05, 0) is 30.3 Å². The number of benzene rings is 1. The molecule has 23 heavy (non-hydrogen) atoms. The number of hydrazone groups is 1. The number of halogens is 2. The van der Waals surface area contributed by atoms with Gasteiger partial charge < -0.3 is 0 Å². The lowest BCUT2D eigenvalue weighted by Gasteiger charge is -1.95. The molecular formula is C15H10ClFN4OS. The van der Waals surface area contributed by atoms with Crippen LogP contribution in [0.3, 0.4) is 0 Å². The Bertz CT molecular complexity index is 857. The first-order valence-electron chi connectivity index (χ1n) is 6.52. The molecule has 0 spiro atoms. The summed E-state index contributed by atoms with van der Waals surface area (Å²) in [5, 5.41) is 10.8. The molecule has 3 rings (SSSR count). The molecule has 1 amide bonds. The van der Waals surface area contributed by atoms with Gasteiger partial charge in [-0.1, -0.05) is 23.7 Å². The van der Waals surface area contributed by atoms with Crippen molar-refractivity contribution in [1.82, 2.24) is 15.6 Å². The monoisotopic (exact) mass is 348 g/mol. The SMILES string of the molecule is O=C(N/N=C\c1ccc(F)s1)c1cc(-c2ccc(Cl)cc2)n[nH]1. The van der Waals surface area contributed by atoms with E-state index in [0.717, 1.165) is 16.9 Å². The zero-order chi connectivity index (χ0) is 16.2. The second-order valence-corrected chi connectivity index (χ2v) is 6.02. The number of thiophene rings is 1. The number of hydrogen-bond donors (Lipinski definition) is 2.